The van der Waals surface area contributed by atoms with E-state index in [1.54, 1.807) is 14.2 Å². The molecular weight excluding hydrogens is 529 g/mol. The molecule has 1 aliphatic rings. The fourth-order valence-electron chi connectivity index (χ4n) is 3.31. The molecule has 1 saturated heterocycles. The molecule has 2 aromatic rings. The first-order valence-corrected chi connectivity index (χ1v) is 10.5. The summed E-state index contributed by atoms with van der Waals surface area (Å²) in [7, 11) is 3.39. The van der Waals surface area contributed by atoms with E-state index in [0.717, 1.165) is 61.3 Å². The van der Waals surface area contributed by atoms with Crippen molar-refractivity contribution in [2.24, 2.45) is 4.99 Å². The van der Waals surface area contributed by atoms with Gasteiger partial charge < -0.3 is 25.0 Å². The van der Waals surface area contributed by atoms with E-state index < -0.39 is 0 Å². The van der Waals surface area contributed by atoms with Gasteiger partial charge in [0.05, 0.1) is 19.8 Å². The number of aromatic nitrogens is 1. The van der Waals surface area contributed by atoms with Crippen LogP contribution in [0.3, 0.4) is 0 Å². The van der Waals surface area contributed by atoms with Crippen LogP contribution in [0.1, 0.15) is 18.1 Å². The van der Waals surface area contributed by atoms with Crippen molar-refractivity contribution in [2.45, 2.75) is 26.0 Å². The topological polar surface area (TPSA) is 71.0 Å². The Morgan fingerprint density at radius 2 is 2.16 bits per heavy atom. The molecule has 2 heterocycles. The van der Waals surface area contributed by atoms with Gasteiger partial charge >= 0.3 is 0 Å². The largest absolute Gasteiger partial charge is 0.497 e. The minimum absolute atomic E-state index is 0. The molecule has 1 aliphatic heterocycles. The fraction of sp³-hybridized carbons (Fsp3) is 0.455. The summed E-state index contributed by atoms with van der Waals surface area (Å²) in [5, 5.41) is 7.35. The van der Waals surface area contributed by atoms with Crippen LogP contribution in [0.25, 0.3) is 0 Å². The number of pyridine rings is 1. The van der Waals surface area contributed by atoms with Crippen molar-refractivity contribution in [2.75, 3.05) is 45.3 Å². The van der Waals surface area contributed by atoms with E-state index in [-0.39, 0.29) is 30.1 Å². The Balaban J connectivity index is 0.00000341. The second kappa shape index (κ2) is 12.9. The first kappa shape index (κ1) is 25.5. The molecule has 170 valence electrons. The average Bonchev–Trinajstić information content (AvgIpc) is 2.77. The lowest BCUT2D eigenvalue weighted by atomic mass is 10.1. The smallest absolute Gasteiger partial charge is 0.191 e. The van der Waals surface area contributed by atoms with E-state index >= 15 is 0 Å². The van der Waals surface area contributed by atoms with Crippen LogP contribution in [-0.4, -0.2) is 57.4 Å². The number of benzene rings is 1. The molecule has 1 fully saturated rings. The van der Waals surface area contributed by atoms with Crippen molar-refractivity contribution in [3.05, 3.63) is 52.7 Å². The maximum atomic E-state index is 6.30. The zero-order valence-electron chi connectivity index (χ0n) is 18.2. The van der Waals surface area contributed by atoms with E-state index in [1.807, 2.05) is 24.4 Å². The SMILES string of the molecule is CN=C(NCCc1ccc(OC)cc1Cl)NCc1ccc(N2CCOC(C)C2)nc1.I. The third-order valence-electron chi connectivity index (χ3n) is 5.00. The zero-order valence-corrected chi connectivity index (χ0v) is 21.3. The summed E-state index contributed by atoms with van der Waals surface area (Å²) < 4.78 is 10.8. The molecule has 0 saturated carbocycles. The summed E-state index contributed by atoms with van der Waals surface area (Å²) in [5.74, 6) is 2.50. The molecule has 1 unspecified atom stereocenters. The summed E-state index contributed by atoms with van der Waals surface area (Å²) in [6.07, 6.45) is 2.94. The Hall–Kier alpha value is -1.78. The van der Waals surface area contributed by atoms with Gasteiger partial charge in [0, 0.05) is 44.4 Å². The molecular formula is C22H31ClIN5O2. The second-order valence-electron chi connectivity index (χ2n) is 7.21. The molecule has 1 aromatic carbocycles. The molecule has 3 rings (SSSR count). The quantitative estimate of drug-likeness (QED) is 0.308. The van der Waals surface area contributed by atoms with Crippen LogP contribution in [0.4, 0.5) is 5.82 Å². The number of rotatable bonds is 7. The van der Waals surface area contributed by atoms with Crippen LogP contribution in [0.15, 0.2) is 41.5 Å². The fourth-order valence-corrected chi connectivity index (χ4v) is 3.58. The van der Waals surface area contributed by atoms with Crippen LogP contribution >= 0.6 is 35.6 Å². The Morgan fingerprint density at radius 3 is 2.81 bits per heavy atom. The third kappa shape index (κ3) is 7.69. The number of methoxy groups -OCH3 is 1. The summed E-state index contributed by atoms with van der Waals surface area (Å²) >= 11 is 6.30. The molecule has 0 spiro atoms. The number of aliphatic imine (C=N–C) groups is 1. The number of morpholine rings is 1. The van der Waals surface area contributed by atoms with Gasteiger partial charge in [-0.2, -0.15) is 0 Å². The molecule has 31 heavy (non-hydrogen) atoms. The highest BCUT2D eigenvalue weighted by molar-refractivity contribution is 14.0. The molecule has 0 bridgehead atoms. The van der Waals surface area contributed by atoms with Gasteiger partial charge in [-0.3, -0.25) is 4.99 Å². The molecule has 0 aliphatic carbocycles. The number of guanidine groups is 1. The molecule has 0 radical (unpaired) electrons. The van der Waals surface area contributed by atoms with Gasteiger partial charge in [0.1, 0.15) is 11.6 Å². The number of hydrogen-bond donors (Lipinski definition) is 2. The molecule has 1 atom stereocenters. The van der Waals surface area contributed by atoms with Crippen molar-refractivity contribution in [3.8, 4) is 5.75 Å². The molecule has 7 nitrogen and oxygen atoms in total. The van der Waals surface area contributed by atoms with Gasteiger partial charge in [0.2, 0.25) is 0 Å². The Morgan fingerprint density at radius 1 is 1.32 bits per heavy atom. The molecule has 9 heteroatoms. The number of nitrogens with zero attached hydrogens (tertiary/aromatic N) is 3. The molecule has 0 amide bonds. The Bertz CT molecular complexity index is 850. The Kier molecular flexibility index (Phi) is 10.6. The van der Waals surface area contributed by atoms with Gasteiger partial charge in [-0.25, -0.2) is 4.98 Å². The number of anilines is 1. The van der Waals surface area contributed by atoms with Gasteiger partial charge in [0.15, 0.2) is 5.96 Å². The van der Waals surface area contributed by atoms with Crippen molar-refractivity contribution < 1.29 is 9.47 Å². The van der Waals surface area contributed by atoms with E-state index in [9.17, 15) is 0 Å². The van der Waals surface area contributed by atoms with Crippen LogP contribution in [-0.2, 0) is 17.7 Å². The van der Waals surface area contributed by atoms with Crippen molar-refractivity contribution >= 4 is 47.4 Å². The standard InChI is InChI=1S/C22H30ClN5O2.HI/c1-16-15-28(10-11-30-16)21-7-4-17(13-26-21)14-27-22(24-2)25-9-8-18-5-6-19(29-3)12-20(18)23;/h4-7,12-13,16H,8-11,14-15H2,1-3H3,(H2,24,25,27);1H. The lowest BCUT2D eigenvalue weighted by Crippen LogP contribution is -2.41. The highest BCUT2D eigenvalue weighted by Gasteiger charge is 2.17. The van der Waals surface area contributed by atoms with E-state index in [2.05, 4.69) is 44.6 Å². The number of ether oxygens (including phenoxy) is 2. The zero-order chi connectivity index (χ0) is 21.3. The maximum Gasteiger partial charge on any atom is 0.191 e. The van der Waals surface area contributed by atoms with Gasteiger partial charge in [-0.15, -0.1) is 24.0 Å². The average molecular weight is 560 g/mol. The Labute approximate surface area is 206 Å². The number of nitrogens with one attached hydrogen (secondary N) is 2. The monoisotopic (exact) mass is 559 g/mol. The van der Waals surface area contributed by atoms with Gasteiger partial charge in [-0.1, -0.05) is 23.7 Å². The summed E-state index contributed by atoms with van der Waals surface area (Å²) in [6, 6.07) is 9.90. The summed E-state index contributed by atoms with van der Waals surface area (Å²) in [5.41, 5.74) is 2.17. The second-order valence-corrected chi connectivity index (χ2v) is 7.62. The lowest BCUT2D eigenvalue weighted by Gasteiger charge is -2.32. The first-order valence-electron chi connectivity index (χ1n) is 10.2. The number of halogens is 2. The van der Waals surface area contributed by atoms with E-state index in [4.69, 9.17) is 21.1 Å². The van der Waals surface area contributed by atoms with E-state index in [1.165, 1.54) is 0 Å². The van der Waals surface area contributed by atoms with Crippen molar-refractivity contribution in [1.82, 2.24) is 15.6 Å². The third-order valence-corrected chi connectivity index (χ3v) is 5.36. The van der Waals surface area contributed by atoms with Crippen molar-refractivity contribution in [1.29, 1.82) is 0 Å². The molecule has 2 N–H and O–H groups in total. The normalized spacial score (nSPS) is 16.5. The highest BCUT2D eigenvalue weighted by Crippen LogP contribution is 2.22. The van der Waals surface area contributed by atoms with Crippen LogP contribution in [0, 0.1) is 0 Å². The lowest BCUT2D eigenvalue weighted by molar-refractivity contribution is 0.0529. The van der Waals surface area contributed by atoms with Crippen LogP contribution in [0.5, 0.6) is 5.75 Å². The molecule has 1 aromatic heterocycles. The van der Waals surface area contributed by atoms with Gasteiger partial charge in [0.25, 0.3) is 0 Å². The highest BCUT2D eigenvalue weighted by atomic mass is 127. The first-order chi connectivity index (χ1) is 14.6. The predicted molar refractivity (Wildman–Crippen MR) is 137 cm³/mol. The minimum atomic E-state index is 0. The van der Waals surface area contributed by atoms with Crippen LogP contribution in [0.2, 0.25) is 5.02 Å². The predicted octanol–water partition coefficient (Wildman–Crippen LogP) is 3.49. The van der Waals surface area contributed by atoms with E-state index in [0.29, 0.717) is 11.6 Å². The van der Waals surface area contributed by atoms with Crippen LogP contribution < -0.4 is 20.3 Å². The van der Waals surface area contributed by atoms with Crippen molar-refractivity contribution in [3.63, 3.8) is 0 Å². The summed E-state index contributed by atoms with van der Waals surface area (Å²) in [4.78, 5) is 11.2. The van der Waals surface area contributed by atoms with Gasteiger partial charge in [-0.05, 0) is 42.7 Å². The summed E-state index contributed by atoms with van der Waals surface area (Å²) in [6.45, 7) is 5.96. The number of hydrogen-bond acceptors (Lipinski definition) is 5. The maximum absolute atomic E-state index is 6.30. The minimum Gasteiger partial charge on any atom is -0.497 e.